The summed E-state index contributed by atoms with van der Waals surface area (Å²) in [6.07, 6.45) is 0.304. The molecule has 1 heterocycles. The summed E-state index contributed by atoms with van der Waals surface area (Å²) in [5.41, 5.74) is 2.91. The van der Waals surface area contributed by atoms with Gasteiger partial charge in [0.15, 0.2) is 0 Å². The number of amides is 4. The summed E-state index contributed by atoms with van der Waals surface area (Å²) >= 11 is 0. The van der Waals surface area contributed by atoms with Crippen molar-refractivity contribution < 1.29 is 19.1 Å². The van der Waals surface area contributed by atoms with Gasteiger partial charge < -0.3 is 20.7 Å². The Morgan fingerprint density at radius 2 is 1.74 bits per heavy atom. The van der Waals surface area contributed by atoms with E-state index >= 15 is 0 Å². The van der Waals surface area contributed by atoms with Gasteiger partial charge in [-0.15, -0.1) is 0 Å². The van der Waals surface area contributed by atoms with Gasteiger partial charge in [0, 0.05) is 13.0 Å². The van der Waals surface area contributed by atoms with Crippen LogP contribution < -0.4 is 25.6 Å². The van der Waals surface area contributed by atoms with Gasteiger partial charge in [0.1, 0.15) is 18.3 Å². The lowest BCUT2D eigenvalue weighted by Gasteiger charge is -2.30. The van der Waals surface area contributed by atoms with Crippen molar-refractivity contribution in [1.29, 1.82) is 0 Å². The van der Waals surface area contributed by atoms with E-state index < -0.39 is 12.1 Å². The van der Waals surface area contributed by atoms with Crippen molar-refractivity contribution in [3.63, 3.8) is 0 Å². The molecular weight excluding hydrogens is 432 g/mol. The van der Waals surface area contributed by atoms with E-state index in [-0.39, 0.29) is 24.9 Å². The molecule has 4 rings (SSSR count). The van der Waals surface area contributed by atoms with E-state index in [9.17, 15) is 14.4 Å². The summed E-state index contributed by atoms with van der Waals surface area (Å²) in [6.45, 7) is 0.151. The molecule has 1 aliphatic heterocycles. The van der Waals surface area contributed by atoms with Crippen LogP contribution in [0.1, 0.15) is 11.1 Å². The van der Waals surface area contributed by atoms with E-state index in [1.54, 1.807) is 31.4 Å². The van der Waals surface area contributed by atoms with Gasteiger partial charge in [-0.1, -0.05) is 54.6 Å². The first-order chi connectivity index (χ1) is 16.5. The number of carbonyl (C=O) groups is 3. The Morgan fingerprint density at radius 1 is 1.00 bits per heavy atom. The molecule has 0 aliphatic carbocycles. The van der Waals surface area contributed by atoms with Crippen LogP contribution in [0.4, 0.5) is 16.2 Å². The number of fused-ring (bicyclic) bond motifs is 1. The number of methoxy groups -OCH3 is 1. The summed E-state index contributed by atoms with van der Waals surface area (Å²) in [4.78, 5) is 39.8. The van der Waals surface area contributed by atoms with Crippen molar-refractivity contribution in [3.8, 4) is 5.75 Å². The van der Waals surface area contributed by atoms with Crippen molar-refractivity contribution in [2.45, 2.75) is 19.0 Å². The van der Waals surface area contributed by atoms with Crippen LogP contribution in [0.2, 0.25) is 0 Å². The second kappa shape index (κ2) is 10.5. The number of carbonyl (C=O) groups excluding carboxylic acids is 3. The Labute approximate surface area is 197 Å². The predicted molar refractivity (Wildman–Crippen MR) is 130 cm³/mol. The summed E-state index contributed by atoms with van der Waals surface area (Å²) in [5.74, 6) is 0.0774. The zero-order valence-corrected chi connectivity index (χ0v) is 18.8. The van der Waals surface area contributed by atoms with E-state index in [2.05, 4.69) is 16.0 Å². The standard InChI is InChI=1S/C26H26N4O4/c1-34-20-11-7-10-19(14-20)16-27-25(32)22(15-18-8-3-2-4-9-18)29-26(33)30-17-24(31)28-21-12-5-6-13-23(21)30/h2-14,22H,15-17H2,1H3,(H,27,32)(H,28,31)(H,29,33)/t22-/m1/s1. The topological polar surface area (TPSA) is 99.8 Å². The average Bonchev–Trinajstić information content (AvgIpc) is 2.87. The van der Waals surface area contributed by atoms with Crippen molar-refractivity contribution >= 4 is 29.2 Å². The first kappa shape index (κ1) is 22.8. The summed E-state index contributed by atoms with van der Waals surface area (Å²) in [5, 5.41) is 8.48. The largest absolute Gasteiger partial charge is 0.497 e. The molecule has 3 aromatic rings. The number of hydrogen-bond acceptors (Lipinski definition) is 4. The number of urea groups is 1. The highest BCUT2D eigenvalue weighted by atomic mass is 16.5. The number of anilines is 2. The molecule has 3 aromatic carbocycles. The van der Waals surface area contributed by atoms with E-state index in [0.29, 0.717) is 23.5 Å². The molecule has 0 fully saturated rings. The van der Waals surface area contributed by atoms with Crippen LogP contribution in [0.25, 0.3) is 0 Å². The molecule has 1 aliphatic rings. The molecule has 8 heteroatoms. The number of benzene rings is 3. The molecule has 0 saturated heterocycles. The van der Waals surface area contributed by atoms with Crippen molar-refractivity contribution in [2.24, 2.45) is 0 Å². The van der Waals surface area contributed by atoms with Crippen molar-refractivity contribution in [3.05, 3.63) is 90.0 Å². The zero-order valence-electron chi connectivity index (χ0n) is 18.8. The Morgan fingerprint density at radius 3 is 2.53 bits per heavy atom. The fourth-order valence-electron chi connectivity index (χ4n) is 3.80. The molecule has 0 bridgehead atoms. The van der Waals surface area contributed by atoms with Gasteiger partial charge in [0.05, 0.1) is 18.5 Å². The van der Waals surface area contributed by atoms with Crippen LogP contribution in [0, 0.1) is 0 Å². The normalized spacial score (nSPS) is 13.3. The molecular formula is C26H26N4O4. The van der Waals surface area contributed by atoms with E-state index in [1.165, 1.54) is 4.90 Å². The molecule has 1 atom stereocenters. The van der Waals surface area contributed by atoms with Crippen LogP contribution in [0.15, 0.2) is 78.9 Å². The van der Waals surface area contributed by atoms with E-state index in [0.717, 1.165) is 11.1 Å². The summed E-state index contributed by atoms with van der Waals surface area (Å²) in [7, 11) is 1.59. The minimum absolute atomic E-state index is 0.133. The van der Waals surface area contributed by atoms with Crippen molar-refractivity contribution in [1.82, 2.24) is 10.6 Å². The number of rotatable bonds is 7. The minimum atomic E-state index is -0.836. The first-order valence-electron chi connectivity index (χ1n) is 10.9. The monoisotopic (exact) mass is 458 g/mol. The molecule has 0 saturated carbocycles. The van der Waals surface area contributed by atoms with Crippen LogP contribution in [0.5, 0.6) is 5.75 Å². The number of nitrogens with one attached hydrogen (secondary N) is 3. The van der Waals surface area contributed by atoms with Gasteiger partial charge in [0.2, 0.25) is 11.8 Å². The average molecular weight is 459 g/mol. The maximum atomic E-state index is 13.2. The zero-order chi connectivity index (χ0) is 23.9. The fraction of sp³-hybridized carbons (Fsp3) is 0.192. The minimum Gasteiger partial charge on any atom is -0.497 e. The fourth-order valence-corrected chi connectivity index (χ4v) is 3.80. The second-order valence-corrected chi connectivity index (χ2v) is 7.91. The van der Waals surface area contributed by atoms with E-state index in [1.807, 2.05) is 54.6 Å². The third-order valence-corrected chi connectivity index (χ3v) is 5.51. The predicted octanol–water partition coefficient (Wildman–Crippen LogP) is 3.09. The van der Waals surface area contributed by atoms with Gasteiger partial charge >= 0.3 is 6.03 Å². The molecule has 0 unspecified atom stereocenters. The molecule has 174 valence electrons. The number of nitrogens with zero attached hydrogens (tertiary/aromatic N) is 1. The maximum Gasteiger partial charge on any atom is 0.323 e. The van der Waals surface area contributed by atoms with E-state index in [4.69, 9.17) is 4.74 Å². The highest BCUT2D eigenvalue weighted by Gasteiger charge is 2.30. The summed E-state index contributed by atoms with van der Waals surface area (Å²) < 4.78 is 5.24. The maximum absolute atomic E-state index is 13.2. The second-order valence-electron chi connectivity index (χ2n) is 7.91. The third-order valence-electron chi connectivity index (χ3n) is 5.51. The van der Waals surface area contributed by atoms with Gasteiger partial charge in [-0.2, -0.15) is 0 Å². The highest BCUT2D eigenvalue weighted by Crippen LogP contribution is 2.28. The molecule has 0 radical (unpaired) electrons. The van der Waals surface area contributed by atoms with Crippen LogP contribution >= 0.6 is 0 Å². The quantitative estimate of drug-likeness (QED) is 0.507. The molecule has 34 heavy (non-hydrogen) atoms. The lowest BCUT2D eigenvalue weighted by atomic mass is 10.0. The highest BCUT2D eigenvalue weighted by molar-refractivity contribution is 6.10. The molecule has 4 amide bonds. The Balaban J connectivity index is 1.51. The van der Waals surface area contributed by atoms with Crippen LogP contribution in [-0.2, 0) is 22.6 Å². The van der Waals surface area contributed by atoms with Gasteiger partial charge in [-0.05, 0) is 35.4 Å². The molecule has 0 spiro atoms. The Bertz CT molecular complexity index is 1180. The smallest absolute Gasteiger partial charge is 0.323 e. The summed E-state index contributed by atoms with van der Waals surface area (Å²) in [6, 6.07) is 22.6. The van der Waals surface area contributed by atoms with Crippen molar-refractivity contribution in [2.75, 3.05) is 23.9 Å². The van der Waals surface area contributed by atoms with Crippen LogP contribution in [-0.4, -0.2) is 37.5 Å². The molecule has 3 N–H and O–H groups in total. The third kappa shape index (κ3) is 5.53. The van der Waals surface area contributed by atoms with Crippen LogP contribution in [0.3, 0.4) is 0 Å². The lowest BCUT2D eigenvalue weighted by Crippen LogP contribution is -2.54. The first-order valence-corrected chi connectivity index (χ1v) is 10.9. The van der Waals surface area contributed by atoms with Gasteiger partial charge in [0.25, 0.3) is 0 Å². The Hall–Kier alpha value is -4.33. The lowest BCUT2D eigenvalue weighted by molar-refractivity contribution is -0.123. The Kier molecular flexibility index (Phi) is 7.07. The van der Waals surface area contributed by atoms with Gasteiger partial charge in [-0.3, -0.25) is 14.5 Å². The molecule has 8 nitrogen and oxygen atoms in total. The number of ether oxygens (including phenoxy) is 1. The SMILES string of the molecule is COc1cccc(CNC(=O)[C@@H](Cc2ccccc2)NC(=O)N2CC(=O)Nc3ccccc32)c1. The molecule has 0 aromatic heterocycles. The number of para-hydroxylation sites is 2. The number of hydrogen-bond donors (Lipinski definition) is 3. The van der Waals surface area contributed by atoms with Gasteiger partial charge in [-0.25, -0.2) is 4.79 Å².